The van der Waals surface area contributed by atoms with Crippen molar-refractivity contribution >= 4 is 23.2 Å². The zero-order chi connectivity index (χ0) is 18.5. The van der Waals surface area contributed by atoms with E-state index >= 15 is 0 Å². The third-order valence-corrected chi connectivity index (χ3v) is 4.93. The molecule has 1 aliphatic rings. The number of hydrogen-bond donors (Lipinski definition) is 0. The van der Waals surface area contributed by atoms with Gasteiger partial charge in [-0.15, -0.1) is 0 Å². The molecular weight excluding hydrogens is 348 g/mol. The number of anilines is 1. The number of carbonyl (C=O) groups excluding carboxylic acids is 1. The topological polar surface area (TPSA) is 32.8 Å². The van der Waals surface area contributed by atoms with E-state index < -0.39 is 0 Å². The SMILES string of the molecule is CC(C)c1ccccc1OCC(=O)N1CCN(c2cccc(Cl)c2)CC1. The van der Waals surface area contributed by atoms with Crippen molar-refractivity contribution in [3.05, 3.63) is 59.1 Å². The van der Waals surface area contributed by atoms with E-state index in [4.69, 9.17) is 16.3 Å². The summed E-state index contributed by atoms with van der Waals surface area (Å²) in [5.41, 5.74) is 2.23. The summed E-state index contributed by atoms with van der Waals surface area (Å²) in [5, 5.41) is 0.734. The number of rotatable bonds is 5. The van der Waals surface area contributed by atoms with Gasteiger partial charge >= 0.3 is 0 Å². The lowest BCUT2D eigenvalue weighted by Crippen LogP contribution is -2.50. The Labute approximate surface area is 160 Å². The van der Waals surface area contributed by atoms with Gasteiger partial charge in [0.1, 0.15) is 5.75 Å². The minimum absolute atomic E-state index is 0.0364. The Morgan fingerprint density at radius 2 is 1.81 bits per heavy atom. The molecule has 1 heterocycles. The zero-order valence-corrected chi connectivity index (χ0v) is 16.1. The maximum Gasteiger partial charge on any atom is 0.260 e. The average Bonchev–Trinajstić information content (AvgIpc) is 2.66. The molecular formula is C21H25ClN2O2. The van der Waals surface area contributed by atoms with E-state index in [0.717, 1.165) is 35.1 Å². The molecule has 138 valence electrons. The van der Waals surface area contributed by atoms with Gasteiger partial charge in [0, 0.05) is 36.9 Å². The Bertz CT molecular complexity index is 755. The third kappa shape index (κ3) is 4.50. The summed E-state index contributed by atoms with van der Waals surface area (Å²) in [6.45, 7) is 7.32. The molecule has 0 spiro atoms. The van der Waals surface area contributed by atoms with Crippen LogP contribution in [-0.2, 0) is 4.79 Å². The van der Waals surface area contributed by atoms with Crippen molar-refractivity contribution < 1.29 is 9.53 Å². The highest BCUT2D eigenvalue weighted by Gasteiger charge is 2.22. The number of piperazine rings is 1. The molecule has 1 fully saturated rings. The third-order valence-electron chi connectivity index (χ3n) is 4.70. The molecule has 0 atom stereocenters. The van der Waals surface area contributed by atoms with Crippen LogP contribution in [0.2, 0.25) is 5.02 Å². The summed E-state index contributed by atoms with van der Waals surface area (Å²) in [6.07, 6.45) is 0. The molecule has 0 N–H and O–H groups in total. The van der Waals surface area contributed by atoms with Crippen molar-refractivity contribution in [1.29, 1.82) is 0 Å². The van der Waals surface area contributed by atoms with Crippen LogP contribution in [-0.4, -0.2) is 43.6 Å². The molecule has 0 bridgehead atoms. The molecule has 0 saturated carbocycles. The minimum Gasteiger partial charge on any atom is -0.483 e. The number of carbonyl (C=O) groups is 1. The van der Waals surface area contributed by atoms with Gasteiger partial charge in [-0.3, -0.25) is 4.79 Å². The molecule has 2 aromatic carbocycles. The standard InChI is InChI=1S/C21H25ClN2O2/c1-16(2)19-8-3-4-9-20(19)26-15-21(25)24-12-10-23(11-13-24)18-7-5-6-17(22)14-18/h3-9,14,16H,10-13,15H2,1-2H3. The minimum atomic E-state index is 0.0364. The number of halogens is 1. The van der Waals surface area contributed by atoms with Gasteiger partial charge in [0.05, 0.1) is 0 Å². The maximum absolute atomic E-state index is 12.5. The summed E-state index contributed by atoms with van der Waals surface area (Å²) in [5.74, 6) is 1.20. The lowest BCUT2D eigenvalue weighted by molar-refractivity contribution is -0.133. The van der Waals surface area contributed by atoms with E-state index in [9.17, 15) is 4.79 Å². The molecule has 5 heteroatoms. The molecule has 1 amide bonds. The first kappa shape index (κ1) is 18.6. The Balaban J connectivity index is 1.53. The monoisotopic (exact) mass is 372 g/mol. The quantitative estimate of drug-likeness (QED) is 0.788. The first-order valence-electron chi connectivity index (χ1n) is 9.04. The number of ether oxygens (including phenoxy) is 1. The van der Waals surface area contributed by atoms with Crippen LogP contribution in [0.25, 0.3) is 0 Å². The van der Waals surface area contributed by atoms with Gasteiger partial charge in [-0.1, -0.05) is 49.7 Å². The van der Waals surface area contributed by atoms with Crippen LogP contribution in [0.1, 0.15) is 25.3 Å². The molecule has 0 aromatic heterocycles. The molecule has 26 heavy (non-hydrogen) atoms. The van der Waals surface area contributed by atoms with E-state index in [1.165, 1.54) is 0 Å². The normalized spacial score (nSPS) is 14.6. The number of nitrogens with zero attached hydrogens (tertiary/aromatic N) is 2. The fraction of sp³-hybridized carbons (Fsp3) is 0.381. The fourth-order valence-corrected chi connectivity index (χ4v) is 3.39. The van der Waals surface area contributed by atoms with Gasteiger partial charge in [0.25, 0.3) is 5.91 Å². The molecule has 4 nitrogen and oxygen atoms in total. The molecule has 0 unspecified atom stereocenters. The van der Waals surface area contributed by atoms with Crippen LogP contribution < -0.4 is 9.64 Å². The van der Waals surface area contributed by atoms with Crippen molar-refractivity contribution in [2.75, 3.05) is 37.7 Å². The Kier molecular flexibility index (Phi) is 6.04. The molecule has 0 aliphatic carbocycles. The number of benzene rings is 2. The Morgan fingerprint density at radius 3 is 2.50 bits per heavy atom. The first-order chi connectivity index (χ1) is 12.5. The van der Waals surface area contributed by atoms with E-state index in [2.05, 4.69) is 24.8 Å². The van der Waals surface area contributed by atoms with Gasteiger partial charge < -0.3 is 14.5 Å². The molecule has 0 radical (unpaired) electrons. The summed E-state index contributed by atoms with van der Waals surface area (Å²) in [6, 6.07) is 15.8. The van der Waals surface area contributed by atoms with Crippen molar-refractivity contribution in [1.82, 2.24) is 4.90 Å². The van der Waals surface area contributed by atoms with Crippen LogP contribution in [0.15, 0.2) is 48.5 Å². The van der Waals surface area contributed by atoms with Gasteiger partial charge in [0.15, 0.2) is 6.61 Å². The second-order valence-corrected chi connectivity index (χ2v) is 7.27. The second-order valence-electron chi connectivity index (χ2n) is 6.83. The largest absolute Gasteiger partial charge is 0.483 e. The van der Waals surface area contributed by atoms with Crippen molar-refractivity contribution in [3.8, 4) is 5.75 Å². The zero-order valence-electron chi connectivity index (χ0n) is 15.3. The summed E-state index contributed by atoms with van der Waals surface area (Å²) >= 11 is 6.07. The van der Waals surface area contributed by atoms with Gasteiger partial charge in [0.2, 0.25) is 0 Å². The smallest absolute Gasteiger partial charge is 0.260 e. The van der Waals surface area contributed by atoms with Crippen LogP contribution >= 0.6 is 11.6 Å². The highest BCUT2D eigenvalue weighted by molar-refractivity contribution is 6.30. The predicted octanol–water partition coefficient (Wildman–Crippen LogP) is 4.19. The van der Waals surface area contributed by atoms with Crippen LogP contribution in [0, 0.1) is 0 Å². The van der Waals surface area contributed by atoms with Crippen molar-refractivity contribution in [2.45, 2.75) is 19.8 Å². The highest BCUT2D eigenvalue weighted by atomic mass is 35.5. The van der Waals surface area contributed by atoms with Gasteiger partial charge in [-0.25, -0.2) is 0 Å². The van der Waals surface area contributed by atoms with Crippen molar-refractivity contribution in [2.24, 2.45) is 0 Å². The highest BCUT2D eigenvalue weighted by Crippen LogP contribution is 2.26. The predicted molar refractivity (Wildman–Crippen MR) is 106 cm³/mol. The lowest BCUT2D eigenvalue weighted by Gasteiger charge is -2.36. The molecule has 1 aliphatic heterocycles. The summed E-state index contributed by atoms with van der Waals surface area (Å²) in [7, 11) is 0. The van der Waals surface area contributed by atoms with Gasteiger partial charge in [-0.05, 0) is 35.7 Å². The van der Waals surface area contributed by atoms with Crippen LogP contribution in [0.5, 0.6) is 5.75 Å². The summed E-state index contributed by atoms with van der Waals surface area (Å²) in [4.78, 5) is 16.6. The lowest BCUT2D eigenvalue weighted by atomic mass is 10.0. The summed E-state index contributed by atoms with van der Waals surface area (Å²) < 4.78 is 5.82. The maximum atomic E-state index is 12.5. The van der Waals surface area contributed by atoms with E-state index in [0.29, 0.717) is 19.0 Å². The Morgan fingerprint density at radius 1 is 1.08 bits per heavy atom. The first-order valence-corrected chi connectivity index (χ1v) is 9.42. The van der Waals surface area contributed by atoms with Gasteiger partial charge in [-0.2, -0.15) is 0 Å². The van der Waals surface area contributed by atoms with Crippen LogP contribution in [0.3, 0.4) is 0 Å². The van der Waals surface area contributed by atoms with E-state index in [-0.39, 0.29) is 12.5 Å². The molecule has 2 aromatic rings. The van der Waals surface area contributed by atoms with Crippen molar-refractivity contribution in [3.63, 3.8) is 0 Å². The fourth-order valence-electron chi connectivity index (χ4n) is 3.21. The second kappa shape index (κ2) is 8.45. The van der Waals surface area contributed by atoms with Crippen LogP contribution in [0.4, 0.5) is 5.69 Å². The Hall–Kier alpha value is -2.20. The number of para-hydroxylation sites is 1. The number of amides is 1. The van der Waals surface area contributed by atoms with E-state index in [1.54, 1.807) is 0 Å². The number of hydrogen-bond acceptors (Lipinski definition) is 3. The molecule has 1 saturated heterocycles. The van der Waals surface area contributed by atoms with E-state index in [1.807, 2.05) is 47.4 Å². The molecule has 3 rings (SSSR count). The average molecular weight is 373 g/mol.